The number of nitrogens with one attached hydrogen (secondary N) is 1. The average Bonchev–Trinajstić information content (AvgIpc) is 3.35. The highest BCUT2D eigenvalue weighted by atomic mass is 35.5. The lowest BCUT2D eigenvalue weighted by Crippen LogP contribution is -2.31. The zero-order valence-corrected chi connectivity index (χ0v) is 18.5. The summed E-state index contributed by atoms with van der Waals surface area (Å²) < 4.78 is 39.7. The van der Waals surface area contributed by atoms with Crippen LogP contribution in [0.25, 0.3) is 22.3 Å². The lowest BCUT2D eigenvalue weighted by molar-refractivity contribution is 0.177. The maximum absolute atomic E-state index is 13.1. The molecule has 0 atom stereocenters. The summed E-state index contributed by atoms with van der Waals surface area (Å²) >= 11 is 6.37. The molecule has 1 amide bonds. The smallest absolute Gasteiger partial charge is 0.420 e. The first-order valence-electron chi connectivity index (χ1n) is 9.46. The van der Waals surface area contributed by atoms with Crippen LogP contribution in [-0.2, 0) is 21.4 Å². The van der Waals surface area contributed by atoms with E-state index in [2.05, 4.69) is 19.9 Å². The molecule has 166 valence electrons. The van der Waals surface area contributed by atoms with Crippen LogP contribution >= 0.6 is 11.6 Å². The van der Waals surface area contributed by atoms with Crippen molar-refractivity contribution in [2.75, 3.05) is 7.11 Å². The number of aromatic nitrogens is 4. The average molecular weight is 470 g/mol. The molecule has 0 radical (unpaired) electrons. The fourth-order valence-electron chi connectivity index (χ4n) is 3.63. The second-order valence-electron chi connectivity index (χ2n) is 7.40. The first-order chi connectivity index (χ1) is 14.7. The first-order valence-corrected chi connectivity index (χ1v) is 11.3. The lowest BCUT2D eigenvalue weighted by Gasteiger charge is -2.13. The van der Waals surface area contributed by atoms with Crippen LogP contribution in [0.5, 0.6) is 0 Å². The summed E-state index contributed by atoms with van der Waals surface area (Å²) in [6.07, 6.45) is 1.57. The van der Waals surface area contributed by atoms with E-state index in [4.69, 9.17) is 16.1 Å². The molecule has 1 saturated carbocycles. The molecule has 0 aromatic carbocycles. The van der Waals surface area contributed by atoms with Crippen molar-refractivity contribution in [2.45, 2.75) is 50.2 Å². The molecule has 1 aliphatic rings. The summed E-state index contributed by atoms with van der Waals surface area (Å²) in [6.45, 7) is 3.32. The number of hydrogen-bond acceptors (Lipinski definition) is 9. The summed E-state index contributed by atoms with van der Waals surface area (Å²) in [7, 11) is -3.36. The van der Waals surface area contributed by atoms with Crippen molar-refractivity contribution in [1.29, 1.82) is 0 Å². The highest BCUT2D eigenvalue weighted by Gasteiger charge is 2.40. The maximum Gasteiger partial charge on any atom is 0.420 e. The van der Waals surface area contributed by atoms with Gasteiger partial charge >= 0.3 is 6.09 Å². The number of aliphatic hydroxyl groups excluding tert-OH is 1. The van der Waals surface area contributed by atoms with Crippen LogP contribution in [-0.4, -0.2) is 46.4 Å². The Morgan fingerprint density at radius 3 is 2.71 bits per heavy atom. The predicted octanol–water partition coefficient (Wildman–Crippen LogP) is 2.74. The van der Waals surface area contributed by atoms with E-state index in [1.807, 2.05) is 18.6 Å². The minimum Gasteiger partial charge on any atom is -0.452 e. The number of ether oxygens (including phenoxy) is 1. The lowest BCUT2D eigenvalue weighted by atomic mass is 10.1. The normalized spacial score (nSPS) is 14.4. The molecule has 1 fully saturated rings. The largest absolute Gasteiger partial charge is 0.452 e. The third-order valence-corrected chi connectivity index (χ3v) is 6.69. The highest BCUT2D eigenvalue weighted by Crippen LogP contribution is 2.48. The van der Waals surface area contributed by atoms with E-state index in [9.17, 15) is 18.3 Å². The van der Waals surface area contributed by atoms with Gasteiger partial charge in [-0.15, -0.1) is 0 Å². The standard InChI is InChI=1S/C18H20ClN5O6S/c1-8(2)24-10(6-25)11(12-16(19)20-7-21-17(12)24)13-15(14(30-22-13)9-4-5-9)31(27,28)23-18(26)29-3/h7-9,25H,4-6H2,1-3H3,(H,23,26). The van der Waals surface area contributed by atoms with Gasteiger partial charge in [0.1, 0.15) is 22.8 Å². The van der Waals surface area contributed by atoms with E-state index >= 15 is 0 Å². The predicted molar refractivity (Wildman–Crippen MR) is 109 cm³/mol. The van der Waals surface area contributed by atoms with E-state index in [0.717, 1.165) is 20.0 Å². The second-order valence-corrected chi connectivity index (χ2v) is 9.38. The van der Waals surface area contributed by atoms with Crippen LogP contribution in [0.15, 0.2) is 15.7 Å². The molecule has 2 N–H and O–H groups in total. The number of amides is 1. The van der Waals surface area contributed by atoms with Gasteiger partial charge in [-0.2, -0.15) is 0 Å². The molecule has 0 bridgehead atoms. The molecule has 3 aromatic heterocycles. The number of methoxy groups -OCH3 is 1. The van der Waals surface area contributed by atoms with Crippen molar-refractivity contribution in [3.05, 3.63) is 22.9 Å². The summed E-state index contributed by atoms with van der Waals surface area (Å²) in [5.74, 6) is -0.0121. The number of rotatable bonds is 6. The minimum atomic E-state index is -4.42. The number of aliphatic hydroxyl groups is 1. The van der Waals surface area contributed by atoms with E-state index in [0.29, 0.717) is 16.7 Å². The zero-order chi connectivity index (χ0) is 22.5. The summed E-state index contributed by atoms with van der Waals surface area (Å²) in [5, 5.41) is 14.6. The van der Waals surface area contributed by atoms with E-state index in [1.165, 1.54) is 6.33 Å². The quantitative estimate of drug-likeness (QED) is 0.519. The Morgan fingerprint density at radius 2 is 2.13 bits per heavy atom. The van der Waals surface area contributed by atoms with Gasteiger partial charge in [0.05, 0.1) is 24.8 Å². The van der Waals surface area contributed by atoms with Crippen LogP contribution in [0.4, 0.5) is 4.79 Å². The molecule has 3 heterocycles. The van der Waals surface area contributed by atoms with Crippen LogP contribution in [0, 0.1) is 0 Å². The number of halogens is 1. The highest BCUT2D eigenvalue weighted by molar-refractivity contribution is 7.90. The molecule has 4 rings (SSSR count). The van der Waals surface area contributed by atoms with Gasteiger partial charge in [0, 0.05) is 17.5 Å². The minimum absolute atomic E-state index is 0.0642. The Morgan fingerprint density at radius 1 is 1.42 bits per heavy atom. The number of carbonyl (C=O) groups excluding carboxylic acids is 1. The molecule has 0 spiro atoms. The Kier molecular flexibility index (Phi) is 5.40. The van der Waals surface area contributed by atoms with Gasteiger partial charge in [-0.3, -0.25) is 0 Å². The SMILES string of the molecule is COC(=O)NS(=O)(=O)c1c(-c2c(CO)n(C(C)C)c3ncnc(Cl)c23)noc1C1CC1. The topological polar surface area (TPSA) is 149 Å². The summed E-state index contributed by atoms with van der Waals surface area (Å²) in [4.78, 5) is 19.7. The monoisotopic (exact) mass is 469 g/mol. The van der Waals surface area contributed by atoms with Gasteiger partial charge in [-0.1, -0.05) is 16.8 Å². The molecule has 1 aliphatic carbocycles. The zero-order valence-electron chi connectivity index (χ0n) is 16.9. The van der Waals surface area contributed by atoms with Gasteiger partial charge in [-0.25, -0.2) is 27.9 Å². The van der Waals surface area contributed by atoms with Gasteiger partial charge in [0.15, 0.2) is 10.7 Å². The fourth-order valence-corrected chi connectivity index (χ4v) is 5.12. The fraction of sp³-hybridized carbons (Fsp3) is 0.444. The summed E-state index contributed by atoms with van der Waals surface area (Å²) in [6, 6.07) is -0.146. The number of nitrogens with zero attached hydrogens (tertiary/aromatic N) is 4. The first kappa shape index (κ1) is 21.5. The number of sulfonamides is 1. The molecular weight excluding hydrogens is 450 g/mol. The summed E-state index contributed by atoms with van der Waals surface area (Å²) in [5.41, 5.74) is 0.910. The molecule has 31 heavy (non-hydrogen) atoms. The van der Waals surface area contributed by atoms with Crippen molar-refractivity contribution < 1.29 is 27.6 Å². The van der Waals surface area contributed by atoms with Gasteiger partial charge in [0.25, 0.3) is 10.0 Å². The molecule has 3 aromatic rings. The van der Waals surface area contributed by atoms with Gasteiger partial charge in [0.2, 0.25) is 0 Å². The Bertz CT molecular complexity index is 1280. The number of hydrogen-bond donors (Lipinski definition) is 2. The van der Waals surface area contributed by atoms with Gasteiger partial charge < -0.3 is 18.9 Å². The maximum atomic E-state index is 13.1. The number of fused-ring (bicyclic) bond motifs is 1. The number of carbonyl (C=O) groups is 1. The van der Waals surface area contributed by atoms with Gasteiger partial charge in [-0.05, 0) is 26.7 Å². The van der Waals surface area contributed by atoms with Crippen molar-refractivity contribution in [2.24, 2.45) is 0 Å². The van der Waals surface area contributed by atoms with E-state index < -0.39 is 22.7 Å². The van der Waals surface area contributed by atoms with Crippen LogP contribution < -0.4 is 4.72 Å². The van der Waals surface area contributed by atoms with E-state index in [-0.39, 0.29) is 39.0 Å². The third-order valence-electron chi connectivity index (χ3n) is 5.04. The van der Waals surface area contributed by atoms with Crippen molar-refractivity contribution in [3.63, 3.8) is 0 Å². The van der Waals surface area contributed by atoms with Crippen LogP contribution in [0.2, 0.25) is 5.15 Å². The Hall–Kier alpha value is -2.70. The van der Waals surface area contributed by atoms with Crippen molar-refractivity contribution in [3.8, 4) is 11.3 Å². The second kappa shape index (κ2) is 7.77. The van der Waals surface area contributed by atoms with Crippen LogP contribution in [0.3, 0.4) is 0 Å². The molecule has 0 saturated heterocycles. The molecule has 11 nitrogen and oxygen atoms in total. The third kappa shape index (κ3) is 3.54. The Labute approximate surface area is 182 Å². The molecular formula is C18H20ClN5O6S. The molecule has 0 aliphatic heterocycles. The molecule has 13 heteroatoms. The van der Waals surface area contributed by atoms with Crippen molar-refractivity contribution >= 4 is 38.8 Å². The molecule has 0 unspecified atom stereocenters. The van der Waals surface area contributed by atoms with E-state index in [1.54, 1.807) is 4.57 Å². The Balaban J connectivity index is 2.08. The van der Waals surface area contributed by atoms with Crippen molar-refractivity contribution in [1.82, 2.24) is 24.4 Å². The van der Waals surface area contributed by atoms with Crippen LogP contribution in [0.1, 0.15) is 50.1 Å².